The molecular formula is C12H16O3. The van der Waals surface area contributed by atoms with E-state index < -0.39 is 12.1 Å². The standard InChI is InChI=1S/C12H16O3/c1-9(2)8-15-11(12(13)14)10-6-4-3-5-7-10/h3-7,9,11H,8H2,1-2H3,(H,13,14). The van der Waals surface area contributed by atoms with Gasteiger partial charge >= 0.3 is 5.97 Å². The fourth-order valence-electron chi connectivity index (χ4n) is 1.23. The van der Waals surface area contributed by atoms with Gasteiger partial charge in [0, 0.05) is 0 Å². The van der Waals surface area contributed by atoms with Gasteiger partial charge in [-0.3, -0.25) is 0 Å². The van der Waals surface area contributed by atoms with E-state index in [9.17, 15) is 4.79 Å². The number of carboxylic acid groups (broad SMARTS) is 1. The van der Waals surface area contributed by atoms with Crippen LogP contribution < -0.4 is 0 Å². The summed E-state index contributed by atoms with van der Waals surface area (Å²) < 4.78 is 5.35. The van der Waals surface area contributed by atoms with Crippen LogP contribution in [0.2, 0.25) is 0 Å². The molecule has 1 atom stereocenters. The van der Waals surface area contributed by atoms with Gasteiger partial charge in [-0.1, -0.05) is 44.2 Å². The Morgan fingerprint density at radius 1 is 1.33 bits per heavy atom. The molecule has 0 amide bonds. The minimum atomic E-state index is -0.943. The fraction of sp³-hybridized carbons (Fsp3) is 0.417. The molecule has 0 aliphatic carbocycles. The van der Waals surface area contributed by atoms with Crippen LogP contribution in [0.5, 0.6) is 0 Å². The highest BCUT2D eigenvalue weighted by atomic mass is 16.5. The minimum Gasteiger partial charge on any atom is -0.479 e. The maximum Gasteiger partial charge on any atom is 0.337 e. The summed E-state index contributed by atoms with van der Waals surface area (Å²) in [6.45, 7) is 4.43. The second kappa shape index (κ2) is 5.51. The molecule has 0 saturated carbocycles. The van der Waals surface area contributed by atoms with Crippen LogP contribution in [-0.2, 0) is 9.53 Å². The summed E-state index contributed by atoms with van der Waals surface area (Å²) in [7, 11) is 0. The molecule has 0 fully saturated rings. The van der Waals surface area contributed by atoms with Crippen LogP contribution in [0.15, 0.2) is 30.3 Å². The molecule has 1 N–H and O–H groups in total. The largest absolute Gasteiger partial charge is 0.479 e. The third-order valence-electron chi connectivity index (χ3n) is 1.92. The summed E-state index contributed by atoms with van der Waals surface area (Å²) in [6, 6.07) is 9.00. The summed E-state index contributed by atoms with van der Waals surface area (Å²) in [5, 5.41) is 9.01. The lowest BCUT2D eigenvalue weighted by Gasteiger charge is -2.15. The van der Waals surface area contributed by atoms with Crippen molar-refractivity contribution in [3.8, 4) is 0 Å². The monoisotopic (exact) mass is 208 g/mol. The summed E-state index contributed by atoms with van der Waals surface area (Å²) in [5.74, 6) is -0.614. The van der Waals surface area contributed by atoms with Crippen LogP contribution in [-0.4, -0.2) is 17.7 Å². The Labute approximate surface area is 89.7 Å². The van der Waals surface area contributed by atoms with E-state index in [0.717, 1.165) is 0 Å². The first-order valence-electron chi connectivity index (χ1n) is 5.00. The highest BCUT2D eigenvalue weighted by molar-refractivity contribution is 5.74. The maximum absolute atomic E-state index is 11.0. The van der Waals surface area contributed by atoms with Crippen molar-refractivity contribution in [1.82, 2.24) is 0 Å². The van der Waals surface area contributed by atoms with E-state index in [4.69, 9.17) is 9.84 Å². The van der Waals surface area contributed by atoms with Crippen molar-refractivity contribution in [3.63, 3.8) is 0 Å². The number of carboxylic acids is 1. The Kier molecular flexibility index (Phi) is 4.31. The summed E-state index contributed by atoms with van der Waals surface area (Å²) in [5.41, 5.74) is 0.686. The van der Waals surface area contributed by atoms with Crippen LogP contribution in [0.4, 0.5) is 0 Å². The molecular weight excluding hydrogens is 192 g/mol. The summed E-state index contributed by atoms with van der Waals surface area (Å²) in [4.78, 5) is 11.0. The van der Waals surface area contributed by atoms with E-state index in [2.05, 4.69) is 0 Å². The van der Waals surface area contributed by atoms with E-state index in [1.165, 1.54) is 0 Å². The lowest BCUT2D eigenvalue weighted by Crippen LogP contribution is -2.17. The van der Waals surface area contributed by atoms with Crippen LogP contribution in [0, 0.1) is 5.92 Å². The predicted octanol–water partition coefficient (Wildman–Crippen LogP) is 2.48. The molecule has 1 rings (SSSR count). The van der Waals surface area contributed by atoms with Gasteiger partial charge in [0.25, 0.3) is 0 Å². The number of ether oxygens (including phenoxy) is 1. The average molecular weight is 208 g/mol. The Bertz CT molecular complexity index is 306. The topological polar surface area (TPSA) is 46.5 Å². The summed E-state index contributed by atoms with van der Waals surface area (Å²) >= 11 is 0. The maximum atomic E-state index is 11.0. The first-order chi connectivity index (χ1) is 7.11. The molecule has 0 aromatic heterocycles. The van der Waals surface area contributed by atoms with Gasteiger partial charge in [-0.15, -0.1) is 0 Å². The minimum absolute atomic E-state index is 0.329. The summed E-state index contributed by atoms with van der Waals surface area (Å²) in [6.07, 6.45) is -0.853. The average Bonchev–Trinajstić information content (AvgIpc) is 2.18. The molecule has 3 nitrogen and oxygen atoms in total. The van der Waals surface area contributed by atoms with Gasteiger partial charge in [-0.2, -0.15) is 0 Å². The quantitative estimate of drug-likeness (QED) is 0.808. The smallest absolute Gasteiger partial charge is 0.337 e. The zero-order chi connectivity index (χ0) is 11.3. The molecule has 0 aliphatic rings. The normalized spacial score (nSPS) is 12.7. The zero-order valence-corrected chi connectivity index (χ0v) is 9.01. The van der Waals surface area contributed by atoms with Gasteiger partial charge < -0.3 is 9.84 Å². The first kappa shape index (κ1) is 11.7. The van der Waals surface area contributed by atoms with E-state index in [1.54, 1.807) is 12.1 Å². The van der Waals surface area contributed by atoms with Crippen LogP contribution in [0.3, 0.4) is 0 Å². The van der Waals surface area contributed by atoms with Gasteiger partial charge in [0.2, 0.25) is 0 Å². The lowest BCUT2D eigenvalue weighted by molar-refractivity contribution is -0.151. The second-order valence-electron chi connectivity index (χ2n) is 3.86. The van der Waals surface area contributed by atoms with Crippen molar-refractivity contribution in [2.75, 3.05) is 6.61 Å². The van der Waals surface area contributed by atoms with Crippen molar-refractivity contribution in [1.29, 1.82) is 0 Å². The number of aliphatic carboxylic acids is 1. The Morgan fingerprint density at radius 2 is 1.93 bits per heavy atom. The van der Waals surface area contributed by atoms with Crippen molar-refractivity contribution in [3.05, 3.63) is 35.9 Å². The van der Waals surface area contributed by atoms with E-state index in [1.807, 2.05) is 32.0 Å². The Hall–Kier alpha value is -1.35. The van der Waals surface area contributed by atoms with Gasteiger partial charge in [-0.25, -0.2) is 4.79 Å². The van der Waals surface area contributed by atoms with E-state index >= 15 is 0 Å². The third-order valence-corrected chi connectivity index (χ3v) is 1.92. The Morgan fingerprint density at radius 3 is 2.40 bits per heavy atom. The number of benzene rings is 1. The fourth-order valence-corrected chi connectivity index (χ4v) is 1.23. The van der Waals surface area contributed by atoms with Crippen LogP contribution in [0.1, 0.15) is 25.5 Å². The lowest BCUT2D eigenvalue weighted by atomic mass is 10.1. The molecule has 0 radical (unpaired) electrons. The van der Waals surface area contributed by atoms with E-state index in [0.29, 0.717) is 18.1 Å². The number of rotatable bonds is 5. The molecule has 1 aromatic rings. The Balaban J connectivity index is 2.71. The molecule has 1 unspecified atom stereocenters. The molecule has 15 heavy (non-hydrogen) atoms. The SMILES string of the molecule is CC(C)COC(C(=O)O)c1ccccc1. The van der Waals surface area contributed by atoms with Gasteiger partial charge in [0.05, 0.1) is 6.61 Å². The van der Waals surface area contributed by atoms with Crippen molar-refractivity contribution in [2.45, 2.75) is 20.0 Å². The molecule has 0 bridgehead atoms. The zero-order valence-electron chi connectivity index (χ0n) is 9.01. The predicted molar refractivity (Wildman–Crippen MR) is 57.6 cm³/mol. The van der Waals surface area contributed by atoms with Gasteiger partial charge in [-0.05, 0) is 11.5 Å². The van der Waals surface area contributed by atoms with Crippen LogP contribution >= 0.6 is 0 Å². The third kappa shape index (κ3) is 3.72. The van der Waals surface area contributed by atoms with Crippen LogP contribution in [0.25, 0.3) is 0 Å². The molecule has 0 saturated heterocycles. The second-order valence-corrected chi connectivity index (χ2v) is 3.86. The molecule has 0 aliphatic heterocycles. The molecule has 1 aromatic carbocycles. The first-order valence-corrected chi connectivity index (χ1v) is 5.00. The highest BCUT2D eigenvalue weighted by Crippen LogP contribution is 2.18. The number of hydrogen-bond acceptors (Lipinski definition) is 2. The van der Waals surface area contributed by atoms with Crippen molar-refractivity contribution in [2.24, 2.45) is 5.92 Å². The van der Waals surface area contributed by atoms with Crippen molar-refractivity contribution >= 4 is 5.97 Å². The van der Waals surface area contributed by atoms with Gasteiger partial charge in [0.1, 0.15) is 0 Å². The molecule has 0 spiro atoms. The molecule has 0 heterocycles. The van der Waals surface area contributed by atoms with Crippen molar-refractivity contribution < 1.29 is 14.6 Å². The van der Waals surface area contributed by atoms with Gasteiger partial charge in [0.15, 0.2) is 6.10 Å². The number of hydrogen-bond donors (Lipinski definition) is 1. The molecule has 3 heteroatoms. The van der Waals surface area contributed by atoms with E-state index in [-0.39, 0.29) is 0 Å². The molecule has 82 valence electrons. The highest BCUT2D eigenvalue weighted by Gasteiger charge is 2.20. The number of carbonyl (C=O) groups is 1.